The van der Waals surface area contributed by atoms with Gasteiger partial charge >= 0.3 is 6.01 Å². The number of fused-ring (bicyclic) bond motifs is 2. The zero-order chi connectivity index (χ0) is 33.4. The molecule has 0 bridgehead atoms. The second-order valence-corrected chi connectivity index (χ2v) is 14.8. The van der Waals surface area contributed by atoms with Gasteiger partial charge in [0.1, 0.15) is 18.5 Å². The van der Waals surface area contributed by atoms with Crippen molar-refractivity contribution in [3.05, 3.63) is 77.3 Å². The first-order chi connectivity index (χ1) is 23.3. The van der Waals surface area contributed by atoms with Gasteiger partial charge in [-0.25, -0.2) is 6.57 Å². The van der Waals surface area contributed by atoms with Crippen LogP contribution in [0.1, 0.15) is 55.8 Å². The van der Waals surface area contributed by atoms with Gasteiger partial charge in [-0.05, 0) is 87.4 Å². The first-order valence-corrected chi connectivity index (χ1v) is 17.7. The van der Waals surface area contributed by atoms with Crippen LogP contribution in [-0.2, 0) is 17.8 Å². The number of carbonyl (C=O) groups excluding carboxylic acids is 1. The number of nitrogens with zero attached hydrogens (tertiary/aromatic N) is 7. The maximum Gasteiger partial charge on any atom is 0.318 e. The normalized spacial score (nSPS) is 21.0. The Hall–Kier alpha value is -4.16. The van der Waals surface area contributed by atoms with E-state index >= 15 is 0 Å². The number of carbonyl (C=O) groups is 1. The van der Waals surface area contributed by atoms with Crippen LogP contribution >= 0.6 is 0 Å². The molecule has 2 aromatic carbocycles. The molecule has 0 N–H and O–H groups in total. The van der Waals surface area contributed by atoms with Gasteiger partial charge in [-0.2, -0.15) is 9.97 Å². The fourth-order valence-electron chi connectivity index (χ4n) is 8.69. The number of likely N-dealkylation sites (N-methyl/N-ethyl adjacent to an activating group) is 1. The van der Waals surface area contributed by atoms with Crippen LogP contribution in [0.4, 0.5) is 11.5 Å². The molecule has 2 saturated carbocycles. The number of rotatable bonds is 10. The molecule has 0 unspecified atom stereocenters. The van der Waals surface area contributed by atoms with Crippen molar-refractivity contribution >= 4 is 28.2 Å². The molecule has 3 aromatic rings. The molecule has 3 heterocycles. The third-order valence-corrected chi connectivity index (χ3v) is 11.6. The van der Waals surface area contributed by atoms with Crippen LogP contribution in [0.25, 0.3) is 15.6 Å². The van der Waals surface area contributed by atoms with Crippen molar-refractivity contribution in [2.24, 2.45) is 11.3 Å². The summed E-state index contributed by atoms with van der Waals surface area (Å²) >= 11 is 0. The highest BCUT2D eigenvalue weighted by molar-refractivity contribution is 5.97. The van der Waals surface area contributed by atoms with Crippen LogP contribution in [0.2, 0.25) is 0 Å². The van der Waals surface area contributed by atoms with Crippen molar-refractivity contribution in [2.75, 3.05) is 62.7 Å². The highest BCUT2D eigenvalue weighted by Gasteiger charge is 2.48. The van der Waals surface area contributed by atoms with Crippen molar-refractivity contribution < 1.29 is 9.53 Å². The van der Waals surface area contributed by atoms with E-state index in [1.807, 2.05) is 0 Å². The number of hydrogen-bond donors (Lipinski definition) is 0. The van der Waals surface area contributed by atoms with Crippen LogP contribution in [0, 0.1) is 24.8 Å². The van der Waals surface area contributed by atoms with Gasteiger partial charge in [-0.15, -0.1) is 0 Å². The third-order valence-electron chi connectivity index (χ3n) is 11.6. The number of benzene rings is 2. The molecule has 7 rings (SSSR count). The number of aromatic nitrogens is 2. The maximum atomic E-state index is 12.6. The van der Waals surface area contributed by atoms with Crippen LogP contribution in [0.15, 0.2) is 49.1 Å². The molecule has 2 atom stereocenters. The van der Waals surface area contributed by atoms with Gasteiger partial charge in [-0.3, -0.25) is 4.79 Å². The summed E-state index contributed by atoms with van der Waals surface area (Å²) in [5, 5.41) is 2.53. The minimum absolute atomic E-state index is 0.124. The Kier molecular flexibility index (Phi) is 9.04. The van der Waals surface area contributed by atoms with Crippen molar-refractivity contribution in [1.29, 1.82) is 0 Å². The largest absolute Gasteiger partial charge is 0.462 e. The Bertz CT molecular complexity index is 1720. The van der Waals surface area contributed by atoms with E-state index < -0.39 is 0 Å². The molecule has 3 fully saturated rings. The number of ether oxygens (including phenoxy) is 1. The van der Waals surface area contributed by atoms with Crippen LogP contribution in [0.3, 0.4) is 0 Å². The molecule has 252 valence electrons. The molecule has 0 radical (unpaired) electrons. The SMILES string of the molecule is [C-]#[N+]C[C@H]1CN(c2nc(OC[C@H](C)N(C)CC3CC4(CCC4)C3)nc3c2CCN(c2cccc4cccc(C)c24)C3)CCN1C(=O)C=C. The van der Waals surface area contributed by atoms with E-state index in [9.17, 15) is 4.79 Å². The van der Waals surface area contributed by atoms with Crippen molar-refractivity contribution in [3.63, 3.8) is 0 Å². The lowest BCUT2D eigenvalue weighted by Crippen LogP contribution is -2.56. The molecule has 4 aliphatic rings. The number of piperazine rings is 1. The smallest absolute Gasteiger partial charge is 0.318 e. The predicted molar refractivity (Wildman–Crippen MR) is 191 cm³/mol. The molecule has 9 heteroatoms. The minimum Gasteiger partial charge on any atom is -0.462 e. The average molecular weight is 648 g/mol. The summed E-state index contributed by atoms with van der Waals surface area (Å²) in [5.41, 5.74) is 5.31. The summed E-state index contributed by atoms with van der Waals surface area (Å²) in [6.45, 7) is 20.7. The Labute approximate surface area is 285 Å². The lowest BCUT2D eigenvalue weighted by Gasteiger charge is -2.55. The van der Waals surface area contributed by atoms with E-state index in [1.54, 1.807) is 4.90 Å². The Morgan fingerprint density at radius 3 is 2.69 bits per heavy atom. The second-order valence-electron chi connectivity index (χ2n) is 14.8. The fourth-order valence-corrected chi connectivity index (χ4v) is 8.69. The van der Waals surface area contributed by atoms with E-state index in [-0.39, 0.29) is 24.5 Å². The molecule has 2 aliphatic carbocycles. The zero-order valence-corrected chi connectivity index (χ0v) is 28.8. The summed E-state index contributed by atoms with van der Waals surface area (Å²) in [4.78, 5) is 35.4. The van der Waals surface area contributed by atoms with Crippen LogP contribution in [0.5, 0.6) is 6.01 Å². The molecule has 1 saturated heterocycles. The Morgan fingerprint density at radius 1 is 1.17 bits per heavy atom. The molecule has 2 aliphatic heterocycles. The molecular weight excluding hydrogens is 598 g/mol. The summed E-state index contributed by atoms with van der Waals surface area (Å²) in [6.07, 6.45) is 9.19. The van der Waals surface area contributed by atoms with Crippen molar-refractivity contribution in [1.82, 2.24) is 19.8 Å². The lowest BCUT2D eigenvalue weighted by molar-refractivity contribution is -0.128. The van der Waals surface area contributed by atoms with Gasteiger partial charge in [0.15, 0.2) is 0 Å². The van der Waals surface area contributed by atoms with Gasteiger partial charge in [-0.1, -0.05) is 43.3 Å². The highest BCUT2D eigenvalue weighted by atomic mass is 16.5. The monoisotopic (exact) mass is 647 g/mol. The summed E-state index contributed by atoms with van der Waals surface area (Å²) in [7, 11) is 2.21. The molecule has 9 nitrogen and oxygen atoms in total. The van der Waals surface area contributed by atoms with E-state index in [0.717, 1.165) is 42.5 Å². The standard InChI is InChI=1S/C39H49N7O2/c1-6-35(47)46-19-18-45(24-31(46)22-40-4)37-32-14-17-44(34-13-8-12-30-11-7-10-27(2)36(30)34)25-33(32)41-38(42-37)48-26-28(3)43(5)23-29-20-39(21-29)15-9-16-39/h6-8,10-13,28-29,31H,1,9,14-26H2,2-3,5H3/t28-,31-/m0/s1. The Balaban J connectivity index is 1.14. The van der Waals surface area contributed by atoms with Crippen molar-refractivity contribution in [2.45, 2.75) is 71.0 Å². The van der Waals surface area contributed by atoms with Gasteiger partial charge in [0.05, 0.1) is 12.2 Å². The van der Waals surface area contributed by atoms with Crippen molar-refractivity contribution in [3.8, 4) is 6.01 Å². The Morgan fingerprint density at radius 2 is 1.96 bits per heavy atom. The first kappa shape index (κ1) is 32.4. The topological polar surface area (TPSA) is 69.4 Å². The first-order valence-electron chi connectivity index (χ1n) is 17.7. The fraction of sp³-hybridized carbons (Fsp3) is 0.538. The predicted octanol–water partition coefficient (Wildman–Crippen LogP) is 5.90. The quantitative estimate of drug-likeness (QED) is 0.201. The molecule has 48 heavy (non-hydrogen) atoms. The second kappa shape index (κ2) is 13.4. The molecule has 1 spiro atoms. The van der Waals surface area contributed by atoms with E-state index in [1.165, 1.54) is 60.2 Å². The number of aryl methyl sites for hydroxylation is 1. The van der Waals surface area contributed by atoms with Gasteiger partial charge in [0.2, 0.25) is 12.5 Å². The number of anilines is 2. The minimum atomic E-state index is -0.227. The van der Waals surface area contributed by atoms with Gasteiger partial charge in [0, 0.05) is 55.4 Å². The number of hydrogen-bond acceptors (Lipinski definition) is 7. The molecule has 1 amide bonds. The third kappa shape index (κ3) is 6.23. The summed E-state index contributed by atoms with van der Waals surface area (Å²) in [6, 6.07) is 13.4. The lowest BCUT2D eigenvalue weighted by atomic mass is 9.52. The van der Waals surface area contributed by atoms with E-state index in [4.69, 9.17) is 21.3 Å². The van der Waals surface area contributed by atoms with Gasteiger partial charge in [0.25, 0.3) is 0 Å². The average Bonchev–Trinajstić information content (AvgIpc) is 3.06. The van der Waals surface area contributed by atoms with E-state index in [2.05, 4.69) is 83.4 Å². The number of amides is 1. The zero-order valence-electron chi connectivity index (χ0n) is 28.8. The highest BCUT2D eigenvalue weighted by Crippen LogP contribution is 2.58. The summed E-state index contributed by atoms with van der Waals surface area (Å²) < 4.78 is 6.44. The molecule has 1 aromatic heterocycles. The van der Waals surface area contributed by atoms with Crippen LogP contribution in [-0.4, -0.2) is 90.7 Å². The maximum absolute atomic E-state index is 12.6. The summed E-state index contributed by atoms with van der Waals surface area (Å²) in [5.74, 6) is 1.55. The van der Waals surface area contributed by atoms with Crippen LogP contribution < -0.4 is 14.5 Å². The van der Waals surface area contributed by atoms with E-state index in [0.29, 0.717) is 44.2 Å². The molecular formula is C39H49N7O2. The van der Waals surface area contributed by atoms with Gasteiger partial charge < -0.3 is 29.2 Å².